The number of likely N-dealkylation sites (tertiary alicyclic amines) is 2. The molecule has 0 radical (unpaired) electrons. The molecular weight excluding hydrogens is 739 g/mol. The summed E-state index contributed by atoms with van der Waals surface area (Å²) in [6.07, 6.45) is 3.56. The van der Waals surface area contributed by atoms with Crippen molar-refractivity contribution in [2.24, 2.45) is 11.8 Å². The first-order chi connectivity index (χ1) is 27.9. The molecular formula is C44H51N7O7. The van der Waals surface area contributed by atoms with Crippen LogP contribution < -0.4 is 16.1 Å². The molecule has 4 atom stereocenters. The Morgan fingerprint density at radius 1 is 0.707 bits per heavy atom. The van der Waals surface area contributed by atoms with Gasteiger partial charge in [-0.1, -0.05) is 58.0 Å². The molecule has 2 aromatic heterocycles. The van der Waals surface area contributed by atoms with E-state index in [0.717, 1.165) is 52.4 Å². The molecule has 2 aliphatic rings. The molecule has 2 fully saturated rings. The number of methoxy groups -OCH3 is 2. The fraction of sp³-hybridized carbons (Fsp3) is 0.409. The fourth-order valence-corrected chi connectivity index (χ4v) is 8.30. The molecule has 2 aliphatic heterocycles. The monoisotopic (exact) mass is 789 g/mol. The van der Waals surface area contributed by atoms with Crippen LogP contribution in [-0.2, 0) is 19.1 Å². The van der Waals surface area contributed by atoms with Crippen LogP contribution in [0.4, 0.5) is 9.59 Å². The number of fused-ring (bicyclic) bond motifs is 2. The summed E-state index contributed by atoms with van der Waals surface area (Å²) >= 11 is 0. The second kappa shape index (κ2) is 16.7. The summed E-state index contributed by atoms with van der Waals surface area (Å²) in [5, 5.41) is 8.00. The predicted molar refractivity (Wildman–Crippen MR) is 221 cm³/mol. The largest absolute Gasteiger partial charge is 0.453 e. The van der Waals surface area contributed by atoms with Gasteiger partial charge in [0.25, 0.3) is 0 Å². The third-order valence-corrected chi connectivity index (χ3v) is 11.5. The van der Waals surface area contributed by atoms with Crippen molar-refractivity contribution in [2.75, 3.05) is 27.3 Å². The van der Waals surface area contributed by atoms with Crippen molar-refractivity contribution < 1.29 is 28.7 Å². The molecule has 0 aliphatic carbocycles. The van der Waals surface area contributed by atoms with Crippen molar-refractivity contribution in [2.45, 2.75) is 77.5 Å². The lowest BCUT2D eigenvalue weighted by Crippen LogP contribution is -2.51. The summed E-state index contributed by atoms with van der Waals surface area (Å²) in [7, 11) is 2.55. The second-order valence-electron chi connectivity index (χ2n) is 15.9. The predicted octanol–water partition coefficient (Wildman–Crippen LogP) is 6.83. The molecule has 0 bridgehead atoms. The van der Waals surface area contributed by atoms with Gasteiger partial charge in [-0.15, -0.1) is 0 Å². The third-order valence-electron chi connectivity index (χ3n) is 11.5. The summed E-state index contributed by atoms with van der Waals surface area (Å²) < 4.78 is 9.53. The maximum absolute atomic E-state index is 13.7. The Labute approximate surface area is 336 Å². The normalized spacial score (nSPS) is 17.9. The zero-order valence-electron chi connectivity index (χ0n) is 33.8. The van der Waals surface area contributed by atoms with Gasteiger partial charge < -0.3 is 39.9 Å². The molecule has 3 aromatic carbocycles. The quantitative estimate of drug-likeness (QED) is 0.119. The molecule has 58 heavy (non-hydrogen) atoms. The van der Waals surface area contributed by atoms with Crippen molar-refractivity contribution in [1.29, 1.82) is 0 Å². The Balaban J connectivity index is 1.11. The van der Waals surface area contributed by atoms with Gasteiger partial charge in [-0.2, -0.15) is 0 Å². The van der Waals surface area contributed by atoms with Gasteiger partial charge in [-0.05, 0) is 83.7 Å². The summed E-state index contributed by atoms with van der Waals surface area (Å²) in [6, 6.07) is 17.8. The van der Waals surface area contributed by atoms with Crippen molar-refractivity contribution in [3.05, 3.63) is 88.6 Å². The first-order valence-corrected chi connectivity index (χ1v) is 19.9. The van der Waals surface area contributed by atoms with Crippen LogP contribution in [0, 0.1) is 11.8 Å². The number of aromatic nitrogens is 3. The Hall–Kier alpha value is -6.18. The molecule has 5 aromatic rings. The first-order valence-electron chi connectivity index (χ1n) is 19.9. The zero-order valence-corrected chi connectivity index (χ0v) is 33.8. The lowest BCUT2D eigenvalue weighted by Gasteiger charge is -2.31. The Bertz CT molecular complexity index is 2420. The average Bonchev–Trinajstić information content (AvgIpc) is 4.02. The maximum atomic E-state index is 13.7. The molecule has 0 unspecified atom stereocenters. The van der Waals surface area contributed by atoms with E-state index in [-0.39, 0.29) is 41.2 Å². The SMILES string of the molecule is COC(=O)N[C@H](C(=O)N1CCC[C@H]1c1cc(=O)c2ccc(-c3ccc4cc(-c5cnc([C@@H]6CCCN6C(=O)[C@@H](NC(=O)OC)C(C)C)[nH]5)ccc4c3)cc2[nH]1)C(C)C. The number of carbonyl (C=O) groups excluding carboxylic acids is 4. The van der Waals surface area contributed by atoms with Crippen molar-refractivity contribution in [3.63, 3.8) is 0 Å². The molecule has 7 rings (SSSR count). The summed E-state index contributed by atoms with van der Waals surface area (Å²) in [4.78, 5) is 79.9. The number of ether oxygens (including phenoxy) is 2. The molecule has 14 heteroatoms. The number of H-pyrrole nitrogens is 2. The number of rotatable bonds is 10. The molecule has 4 amide bonds. The lowest BCUT2D eigenvalue weighted by molar-refractivity contribution is -0.136. The van der Waals surface area contributed by atoms with Crippen LogP contribution >= 0.6 is 0 Å². The number of amides is 4. The van der Waals surface area contributed by atoms with E-state index in [1.165, 1.54) is 14.2 Å². The van der Waals surface area contributed by atoms with Gasteiger partial charge in [0.1, 0.15) is 17.9 Å². The van der Waals surface area contributed by atoms with Gasteiger partial charge in [0.05, 0.1) is 43.7 Å². The molecule has 0 saturated carbocycles. The lowest BCUT2D eigenvalue weighted by atomic mass is 9.98. The molecule has 14 nitrogen and oxygen atoms in total. The smallest absolute Gasteiger partial charge is 0.407 e. The number of carbonyl (C=O) groups is 4. The highest BCUT2D eigenvalue weighted by Crippen LogP contribution is 2.35. The zero-order chi connectivity index (χ0) is 41.2. The number of benzene rings is 3. The van der Waals surface area contributed by atoms with E-state index in [4.69, 9.17) is 14.5 Å². The number of nitrogens with one attached hydrogen (secondary N) is 4. The van der Waals surface area contributed by atoms with Crippen LogP contribution in [0.5, 0.6) is 0 Å². The summed E-state index contributed by atoms with van der Waals surface area (Å²) in [5.74, 6) is 0.0673. The Morgan fingerprint density at radius 2 is 1.24 bits per heavy atom. The van der Waals surface area contributed by atoms with Crippen LogP contribution in [0.15, 0.2) is 71.7 Å². The summed E-state index contributed by atoms with van der Waals surface area (Å²) in [6.45, 7) is 8.63. The highest BCUT2D eigenvalue weighted by atomic mass is 16.5. The van der Waals surface area contributed by atoms with Crippen LogP contribution in [0.25, 0.3) is 44.1 Å². The second-order valence-corrected chi connectivity index (χ2v) is 15.9. The number of pyridine rings is 1. The van der Waals surface area contributed by atoms with E-state index in [0.29, 0.717) is 41.9 Å². The van der Waals surface area contributed by atoms with E-state index < -0.39 is 24.3 Å². The Kier molecular flexibility index (Phi) is 11.6. The first kappa shape index (κ1) is 40.0. The van der Waals surface area contributed by atoms with Crippen LogP contribution in [-0.4, -0.2) is 88.1 Å². The van der Waals surface area contributed by atoms with Crippen molar-refractivity contribution in [1.82, 2.24) is 35.4 Å². The molecule has 0 spiro atoms. The standard InChI is InChI=1S/C44H51N7O7/c1-24(2)38(48-43(55)57-5)41(53)50-17-7-9-35(50)33-22-37(52)31-16-15-29(21-32(31)46-33)27-11-12-28-20-30(14-13-26(28)19-27)34-23-45-40(47-34)36-10-8-18-51(36)42(54)39(25(3)4)49-44(56)58-6/h11-16,19-25,35-36,38-39H,7-10,17-18H2,1-6H3,(H,45,47)(H,46,52)(H,48,55)(H,49,56)/t35-,36-,38-,39-/m0/s1. The number of nitrogens with zero attached hydrogens (tertiary/aromatic N) is 3. The number of hydrogen-bond acceptors (Lipinski definition) is 8. The van der Waals surface area contributed by atoms with E-state index >= 15 is 0 Å². The highest BCUT2D eigenvalue weighted by Gasteiger charge is 2.38. The van der Waals surface area contributed by atoms with Crippen LogP contribution in [0.2, 0.25) is 0 Å². The number of hydrogen-bond donors (Lipinski definition) is 4. The van der Waals surface area contributed by atoms with Gasteiger partial charge in [-0.25, -0.2) is 14.6 Å². The van der Waals surface area contributed by atoms with Gasteiger partial charge in [0.2, 0.25) is 11.8 Å². The van der Waals surface area contributed by atoms with Crippen molar-refractivity contribution >= 4 is 45.7 Å². The maximum Gasteiger partial charge on any atom is 0.407 e. The van der Waals surface area contributed by atoms with E-state index in [2.05, 4.69) is 50.9 Å². The van der Waals surface area contributed by atoms with Crippen molar-refractivity contribution in [3.8, 4) is 22.4 Å². The number of imidazole rings is 1. The molecule has 4 heterocycles. The van der Waals surface area contributed by atoms with Gasteiger partial charge >= 0.3 is 12.2 Å². The summed E-state index contributed by atoms with van der Waals surface area (Å²) in [5.41, 5.74) is 4.93. The minimum Gasteiger partial charge on any atom is -0.453 e. The fourth-order valence-electron chi connectivity index (χ4n) is 8.30. The van der Waals surface area contributed by atoms with Gasteiger partial charge in [0.15, 0.2) is 5.43 Å². The van der Waals surface area contributed by atoms with Gasteiger partial charge in [0, 0.05) is 35.8 Å². The minimum atomic E-state index is -0.755. The van der Waals surface area contributed by atoms with E-state index in [9.17, 15) is 24.0 Å². The average molecular weight is 790 g/mol. The highest BCUT2D eigenvalue weighted by molar-refractivity contribution is 5.92. The molecule has 4 N–H and O–H groups in total. The number of aromatic amines is 2. The topological polar surface area (TPSA) is 179 Å². The van der Waals surface area contributed by atoms with Crippen LogP contribution in [0.1, 0.15) is 77.0 Å². The van der Waals surface area contributed by atoms with Crippen LogP contribution in [0.3, 0.4) is 0 Å². The van der Waals surface area contributed by atoms with E-state index in [1.54, 1.807) is 22.1 Å². The number of alkyl carbamates (subject to hydrolysis) is 2. The van der Waals surface area contributed by atoms with E-state index in [1.807, 2.05) is 52.0 Å². The minimum absolute atomic E-state index is 0.120. The van der Waals surface area contributed by atoms with Gasteiger partial charge in [-0.3, -0.25) is 14.4 Å². The Morgan fingerprint density at radius 3 is 1.84 bits per heavy atom. The third kappa shape index (κ3) is 8.00. The molecule has 304 valence electrons. The molecule has 2 saturated heterocycles.